The third-order valence-electron chi connectivity index (χ3n) is 3.65. The summed E-state index contributed by atoms with van der Waals surface area (Å²) in [5, 5.41) is 20.5. The smallest absolute Gasteiger partial charge is 0.180 e. The zero-order valence-corrected chi connectivity index (χ0v) is 10.5. The molecular weight excluding hydrogens is 234 g/mol. The molecule has 1 unspecified atom stereocenters. The number of halogens is 1. The normalized spacial score (nSPS) is 20.5. The summed E-state index contributed by atoms with van der Waals surface area (Å²) in [6.07, 6.45) is 5.16. The van der Waals surface area contributed by atoms with Crippen molar-refractivity contribution in [2.75, 3.05) is 0 Å². The zero-order chi connectivity index (χ0) is 12.3. The van der Waals surface area contributed by atoms with Gasteiger partial charge >= 0.3 is 0 Å². The van der Waals surface area contributed by atoms with Gasteiger partial charge in [-0.05, 0) is 18.9 Å². The molecule has 1 aliphatic carbocycles. The number of nitrogens with zero attached hydrogens (tertiary/aromatic N) is 1. The molecule has 0 aromatic heterocycles. The molecule has 2 rings (SSSR count). The van der Waals surface area contributed by atoms with Crippen LogP contribution < -0.4 is 0 Å². The van der Waals surface area contributed by atoms with E-state index in [-0.39, 0.29) is 5.92 Å². The highest BCUT2D eigenvalue weighted by Crippen LogP contribution is 2.41. The van der Waals surface area contributed by atoms with Gasteiger partial charge in [0.2, 0.25) is 0 Å². The van der Waals surface area contributed by atoms with Gasteiger partial charge in [-0.15, -0.1) is 0 Å². The van der Waals surface area contributed by atoms with E-state index >= 15 is 0 Å². The number of nitriles is 1. The van der Waals surface area contributed by atoms with E-state index in [1.54, 1.807) is 12.1 Å². The van der Waals surface area contributed by atoms with Crippen molar-refractivity contribution >= 4 is 11.6 Å². The third-order valence-corrected chi connectivity index (χ3v) is 3.98. The molecule has 1 aromatic rings. The Balaban J connectivity index is 2.37. The quantitative estimate of drug-likeness (QED) is 0.814. The molecule has 0 radical (unpaired) electrons. The second kappa shape index (κ2) is 5.08. The van der Waals surface area contributed by atoms with Gasteiger partial charge in [0.05, 0.1) is 0 Å². The van der Waals surface area contributed by atoms with Crippen molar-refractivity contribution in [1.29, 1.82) is 5.26 Å². The predicted octanol–water partition coefficient (Wildman–Crippen LogP) is 3.63. The van der Waals surface area contributed by atoms with Crippen LogP contribution >= 0.6 is 11.6 Å². The second-order valence-corrected chi connectivity index (χ2v) is 5.10. The summed E-state index contributed by atoms with van der Waals surface area (Å²) in [5.41, 5.74) is -0.880. The predicted molar refractivity (Wildman–Crippen MR) is 67.5 cm³/mol. The van der Waals surface area contributed by atoms with E-state index in [0.29, 0.717) is 10.6 Å². The molecule has 2 nitrogen and oxygen atoms in total. The van der Waals surface area contributed by atoms with E-state index in [9.17, 15) is 10.4 Å². The van der Waals surface area contributed by atoms with Crippen molar-refractivity contribution in [3.05, 3.63) is 34.9 Å². The van der Waals surface area contributed by atoms with E-state index < -0.39 is 5.60 Å². The molecule has 17 heavy (non-hydrogen) atoms. The molecule has 0 aliphatic heterocycles. The molecule has 1 saturated carbocycles. The zero-order valence-electron chi connectivity index (χ0n) is 9.69. The van der Waals surface area contributed by atoms with Gasteiger partial charge in [-0.2, -0.15) is 5.26 Å². The summed E-state index contributed by atoms with van der Waals surface area (Å²) >= 11 is 6.10. The van der Waals surface area contributed by atoms with E-state index in [4.69, 9.17) is 11.6 Å². The van der Waals surface area contributed by atoms with Crippen LogP contribution in [0.4, 0.5) is 0 Å². The van der Waals surface area contributed by atoms with Crippen LogP contribution in [-0.2, 0) is 5.60 Å². The van der Waals surface area contributed by atoms with E-state index in [1.165, 1.54) is 6.42 Å². The summed E-state index contributed by atoms with van der Waals surface area (Å²) in [6, 6.07) is 9.17. The molecule has 0 heterocycles. The van der Waals surface area contributed by atoms with Crippen molar-refractivity contribution in [1.82, 2.24) is 0 Å². The lowest BCUT2D eigenvalue weighted by Crippen LogP contribution is -2.35. The van der Waals surface area contributed by atoms with Gasteiger partial charge in [0, 0.05) is 16.5 Å². The third kappa shape index (κ3) is 2.31. The maximum atomic E-state index is 10.7. The number of aliphatic hydroxyl groups is 1. The van der Waals surface area contributed by atoms with Crippen molar-refractivity contribution in [2.24, 2.45) is 5.92 Å². The van der Waals surface area contributed by atoms with E-state index in [2.05, 4.69) is 6.07 Å². The first-order valence-electron chi connectivity index (χ1n) is 6.07. The molecule has 1 fully saturated rings. The maximum absolute atomic E-state index is 10.7. The number of benzene rings is 1. The number of rotatable bonds is 2. The van der Waals surface area contributed by atoms with Gasteiger partial charge in [0.15, 0.2) is 5.60 Å². The molecule has 90 valence electrons. The van der Waals surface area contributed by atoms with Crippen LogP contribution in [0.1, 0.15) is 37.7 Å². The molecular formula is C14H16ClNO. The van der Waals surface area contributed by atoms with Crippen molar-refractivity contribution < 1.29 is 5.11 Å². The van der Waals surface area contributed by atoms with Crippen LogP contribution in [0.15, 0.2) is 24.3 Å². The fourth-order valence-electron chi connectivity index (χ4n) is 2.66. The highest BCUT2D eigenvalue weighted by atomic mass is 35.5. The lowest BCUT2D eigenvalue weighted by atomic mass is 9.74. The summed E-state index contributed by atoms with van der Waals surface area (Å²) in [5.74, 6) is 0.00106. The lowest BCUT2D eigenvalue weighted by molar-refractivity contribution is 0.0141. The van der Waals surface area contributed by atoms with Crippen LogP contribution in [-0.4, -0.2) is 5.11 Å². The highest BCUT2D eigenvalue weighted by molar-refractivity contribution is 6.31. The maximum Gasteiger partial charge on any atom is 0.180 e. The molecule has 0 bridgehead atoms. The molecule has 0 spiro atoms. The molecule has 3 heteroatoms. The first-order valence-corrected chi connectivity index (χ1v) is 6.45. The van der Waals surface area contributed by atoms with Gasteiger partial charge in [-0.25, -0.2) is 0 Å². The van der Waals surface area contributed by atoms with Crippen molar-refractivity contribution in [3.8, 4) is 6.07 Å². The lowest BCUT2D eigenvalue weighted by Gasteiger charge is -2.33. The van der Waals surface area contributed by atoms with Crippen molar-refractivity contribution in [2.45, 2.75) is 37.7 Å². The minimum Gasteiger partial charge on any atom is -0.371 e. The van der Waals surface area contributed by atoms with Crippen molar-refractivity contribution in [3.63, 3.8) is 0 Å². The first kappa shape index (κ1) is 12.4. The molecule has 1 aliphatic rings. The van der Waals surface area contributed by atoms with Gasteiger partial charge < -0.3 is 5.11 Å². The van der Waals surface area contributed by atoms with Gasteiger partial charge in [-0.1, -0.05) is 49.1 Å². The fraction of sp³-hybridized carbons (Fsp3) is 0.500. The molecule has 1 atom stereocenters. The van der Waals surface area contributed by atoms with Gasteiger partial charge in [0.1, 0.15) is 6.07 Å². The Morgan fingerprint density at radius 3 is 2.47 bits per heavy atom. The topological polar surface area (TPSA) is 44.0 Å². The van der Waals surface area contributed by atoms with E-state index in [1.807, 2.05) is 12.1 Å². The first-order chi connectivity index (χ1) is 8.18. The Kier molecular flexibility index (Phi) is 3.71. The van der Waals surface area contributed by atoms with Crippen LogP contribution in [0.2, 0.25) is 5.02 Å². The Hall–Kier alpha value is -1.04. The molecule has 0 saturated heterocycles. The summed E-state index contributed by atoms with van der Waals surface area (Å²) < 4.78 is 0. The van der Waals surface area contributed by atoms with Crippen LogP contribution in [0.25, 0.3) is 0 Å². The Bertz CT molecular complexity index is 434. The second-order valence-electron chi connectivity index (χ2n) is 4.69. The monoisotopic (exact) mass is 249 g/mol. The van der Waals surface area contributed by atoms with E-state index in [0.717, 1.165) is 25.7 Å². The molecule has 0 amide bonds. The number of hydrogen-bond donors (Lipinski definition) is 1. The SMILES string of the molecule is N#CC(O)(c1ccccc1Cl)C1CCCCC1. The minimum absolute atomic E-state index is 0.00106. The highest BCUT2D eigenvalue weighted by Gasteiger charge is 2.40. The Morgan fingerprint density at radius 2 is 1.88 bits per heavy atom. The van der Waals surface area contributed by atoms with Gasteiger partial charge in [-0.3, -0.25) is 0 Å². The van der Waals surface area contributed by atoms with Crippen LogP contribution in [0, 0.1) is 17.2 Å². The molecule has 1 N–H and O–H groups in total. The summed E-state index contributed by atoms with van der Waals surface area (Å²) in [6.45, 7) is 0. The van der Waals surface area contributed by atoms with Crippen LogP contribution in [0.5, 0.6) is 0 Å². The van der Waals surface area contributed by atoms with Crippen LogP contribution in [0.3, 0.4) is 0 Å². The summed E-state index contributed by atoms with van der Waals surface area (Å²) in [4.78, 5) is 0. The molecule has 1 aromatic carbocycles. The minimum atomic E-state index is -1.43. The average molecular weight is 250 g/mol. The van der Waals surface area contributed by atoms with Gasteiger partial charge in [0.25, 0.3) is 0 Å². The fourth-order valence-corrected chi connectivity index (χ4v) is 2.94. The Labute approximate surface area is 107 Å². The summed E-state index contributed by atoms with van der Waals surface area (Å²) in [7, 11) is 0. The Morgan fingerprint density at radius 1 is 1.24 bits per heavy atom. The standard InChI is InChI=1S/C14H16ClNO/c15-13-9-5-4-8-12(13)14(17,10-16)11-6-2-1-3-7-11/h4-5,8-9,11,17H,1-3,6-7H2. The number of hydrogen-bond acceptors (Lipinski definition) is 2. The average Bonchev–Trinajstić information content (AvgIpc) is 2.39. The largest absolute Gasteiger partial charge is 0.371 e.